The molecule has 1 atom stereocenters. The van der Waals surface area contributed by atoms with Gasteiger partial charge in [0.05, 0.1) is 0 Å². The quantitative estimate of drug-likeness (QED) is 0.808. The second-order valence-electron chi connectivity index (χ2n) is 2.80. The Bertz CT molecular complexity index is 198. The van der Waals surface area contributed by atoms with Crippen molar-refractivity contribution in [2.45, 2.75) is 19.4 Å². The van der Waals surface area contributed by atoms with Gasteiger partial charge < -0.3 is 5.32 Å². The van der Waals surface area contributed by atoms with Crippen molar-refractivity contribution in [3.63, 3.8) is 0 Å². The van der Waals surface area contributed by atoms with Gasteiger partial charge in [-0.2, -0.15) is 7.05 Å². The predicted octanol–water partition coefficient (Wildman–Crippen LogP) is 2.62. The Hall–Kier alpha value is -0.132. The fraction of sp³-hybridized carbons (Fsp3) is 0.400. The van der Waals surface area contributed by atoms with Gasteiger partial charge in [-0.1, -0.05) is 37.3 Å². The third kappa shape index (κ3) is 4.04. The average molecular weight is 332 g/mol. The van der Waals surface area contributed by atoms with E-state index in [0.29, 0.717) is 6.04 Å². The maximum absolute atomic E-state index is 4.18. The molecule has 0 saturated carbocycles. The van der Waals surface area contributed by atoms with Gasteiger partial charge >= 0.3 is 21.1 Å². The van der Waals surface area contributed by atoms with Crippen LogP contribution in [0.2, 0.25) is 0 Å². The van der Waals surface area contributed by atoms with Gasteiger partial charge in [0.25, 0.3) is 0 Å². The summed E-state index contributed by atoms with van der Waals surface area (Å²) >= 11 is 0. The van der Waals surface area contributed by atoms with Crippen molar-refractivity contribution in [3.8, 4) is 0 Å². The molecule has 0 bridgehead atoms. The van der Waals surface area contributed by atoms with Crippen LogP contribution in [-0.4, -0.2) is 13.1 Å². The van der Waals surface area contributed by atoms with Crippen LogP contribution < -0.4 is 0 Å². The van der Waals surface area contributed by atoms with Crippen LogP contribution in [-0.2, 0) is 27.5 Å². The Kier molecular flexibility index (Phi) is 6.32. The van der Waals surface area contributed by atoms with Gasteiger partial charge in [0.15, 0.2) is 0 Å². The molecule has 0 aliphatic rings. The first kappa shape index (κ1) is 11.9. The Balaban J connectivity index is 0.00000121. The molecule has 0 aliphatic heterocycles. The summed E-state index contributed by atoms with van der Waals surface area (Å²) in [4.78, 5) is 0. The van der Waals surface area contributed by atoms with Gasteiger partial charge in [0.1, 0.15) is 0 Å². The van der Waals surface area contributed by atoms with Crippen molar-refractivity contribution in [1.29, 1.82) is 0 Å². The minimum absolute atomic E-state index is 0. The first-order valence-electron chi connectivity index (χ1n) is 3.96. The van der Waals surface area contributed by atoms with Crippen LogP contribution in [0.25, 0.3) is 5.32 Å². The SMILES string of the molecule is C[N-]C(C)Cc1ccccc1.[W+2]. The molecule has 2 heteroatoms. The van der Waals surface area contributed by atoms with Gasteiger partial charge in [-0.15, -0.1) is 6.04 Å². The van der Waals surface area contributed by atoms with Crippen LogP contribution >= 0.6 is 0 Å². The molecule has 1 aromatic carbocycles. The number of hydrogen-bond donors (Lipinski definition) is 0. The molecular weight excluding hydrogens is 318 g/mol. The van der Waals surface area contributed by atoms with Crippen LogP contribution in [0.5, 0.6) is 0 Å². The Labute approximate surface area is 88.8 Å². The minimum Gasteiger partial charge on any atom is -0.662 e. The smallest absolute Gasteiger partial charge is 0.662 e. The van der Waals surface area contributed by atoms with Crippen molar-refractivity contribution in [2.24, 2.45) is 0 Å². The van der Waals surface area contributed by atoms with Crippen LogP contribution in [0, 0.1) is 0 Å². The van der Waals surface area contributed by atoms with E-state index >= 15 is 0 Å². The molecule has 1 unspecified atom stereocenters. The van der Waals surface area contributed by atoms with E-state index in [2.05, 4.69) is 36.5 Å². The molecule has 0 heterocycles. The molecule has 64 valence electrons. The maximum atomic E-state index is 4.18. The zero-order valence-corrected chi connectivity index (χ0v) is 10.5. The van der Waals surface area contributed by atoms with Gasteiger partial charge in [-0.25, -0.2) is 0 Å². The minimum atomic E-state index is 0. The van der Waals surface area contributed by atoms with Crippen LogP contribution in [0.3, 0.4) is 0 Å². The first-order chi connectivity index (χ1) is 5.33. The largest absolute Gasteiger partial charge is 2.00 e. The molecule has 12 heavy (non-hydrogen) atoms. The number of hydrogen-bond acceptors (Lipinski definition) is 0. The normalized spacial score (nSPS) is 11.8. The Morgan fingerprint density at radius 2 is 1.83 bits per heavy atom. The summed E-state index contributed by atoms with van der Waals surface area (Å²) < 4.78 is 0. The summed E-state index contributed by atoms with van der Waals surface area (Å²) in [5.74, 6) is 0. The number of likely N-dealkylation sites (N-methyl/N-ethyl adjacent to an activating group) is 1. The van der Waals surface area contributed by atoms with E-state index in [1.165, 1.54) is 5.56 Å². The van der Waals surface area contributed by atoms with Crippen molar-refractivity contribution in [2.75, 3.05) is 7.05 Å². The van der Waals surface area contributed by atoms with Crippen LogP contribution in [0.1, 0.15) is 12.5 Å². The van der Waals surface area contributed by atoms with E-state index < -0.39 is 0 Å². The van der Waals surface area contributed by atoms with E-state index in [0.717, 1.165) is 6.42 Å². The van der Waals surface area contributed by atoms with Crippen molar-refractivity contribution >= 4 is 0 Å². The third-order valence-corrected chi connectivity index (χ3v) is 1.81. The maximum Gasteiger partial charge on any atom is 2.00 e. The average Bonchev–Trinajstić information content (AvgIpc) is 2.06. The number of benzene rings is 1. The fourth-order valence-electron chi connectivity index (χ4n) is 1.05. The molecule has 0 aliphatic carbocycles. The van der Waals surface area contributed by atoms with Gasteiger partial charge in [0.2, 0.25) is 0 Å². The molecule has 1 rings (SSSR count). The van der Waals surface area contributed by atoms with Crippen molar-refractivity contribution < 1.29 is 21.1 Å². The first-order valence-corrected chi connectivity index (χ1v) is 3.96. The zero-order valence-electron chi connectivity index (χ0n) is 7.53. The van der Waals surface area contributed by atoms with E-state index in [9.17, 15) is 0 Å². The molecule has 0 saturated heterocycles. The molecule has 0 N–H and O–H groups in total. The zero-order chi connectivity index (χ0) is 8.10. The van der Waals surface area contributed by atoms with Gasteiger partial charge in [0, 0.05) is 0 Å². The second kappa shape index (κ2) is 6.39. The third-order valence-electron chi connectivity index (χ3n) is 1.81. The number of rotatable bonds is 3. The van der Waals surface area contributed by atoms with Gasteiger partial charge in [-0.05, 0) is 12.0 Å². The monoisotopic (exact) mass is 332 g/mol. The molecule has 0 radical (unpaired) electrons. The summed E-state index contributed by atoms with van der Waals surface area (Å²) in [6, 6.07) is 10.9. The molecule has 0 fully saturated rings. The molecule has 1 nitrogen and oxygen atoms in total. The van der Waals surface area contributed by atoms with Crippen LogP contribution in [0.4, 0.5) is 0 Å². The molecule has 0 amide bonds. The Morgan fingerprint density at radius 1 is 1.25 bits per heavy atom. The van der Waals surface area contributed by atoms with E-state index in [4.69, 9.17) is 0 Å². The molecule has 0 spiro atoms. The molecule has 0 aromatic heterocycles. The van der Waals surface area contributed by atoms with E-state index in [-0.39, 0.29) is 21.1 Å². The van der Waals surface area contributed by atoms with Crippen LogP contribution in [0.15, 0.2) is 30.3 Å². The summed E-state index contributed by atoms with van der Waals surface area (Å²) in [5.41, 5.74) is 1.37. The molecular formula is C10H14NW+. The fourth-order valence-corrected chi connectivity index (χ4v) is 1.05. The van der Waals surface area contributed by atoms with E-state index in [1.807, 2.05) is 13.1 Å². The van der Waals surface area contributed by atoms with Crippen molar-refractivity contribution in [1.82, 2.24) is 0 Å². The summed E-state index contributed by atoms with van der Waals surface area (Å²) in [5, 5.41) is 4.18. The molecule has 1 aromatic rings. The predicted molar refractivity (Wildman–Crippen MR) is 48.9 cm³/mol. The summed E-state index contributed by atoms with van der Waals surface area (Å²) in [7, 11) is 1.87. The Morgan fingerprint density at radius 3 is 2.33 bits per heavy atom. The number of nitrogens with zero attached hydrogens (tertiary/aromatic N) is 1. The summed E-state index contributed by atoms with van der Waals surface area (Å²) in [6.45, 7) is 2.13. The standard InChI is InChI=1S/C10H14N.W/c1-9(11-2)8-10-6-4-3-5-7-10;/h3-7,9H,8H2,1-2H3;/q-1;+2. The van der Waals surface area contributed by atoms with E-state index in [1.54, 1.807) is 0 Å². The summed E-state index contributed by atoms with van der Waals surface area (Å²) in [6.07, 6.45) is 1.05. The second-order valence-corrected chi connectivity index (χ2v) is 2.80. The topological polar surface area (TPSA) is 14.1 Å². The van der Waals surface area contributed by atoms with Crippen molar-refractivity contribution in [3.05, 3.63) is 41.2 Å². The van der Waals surface area contributed by atoms with Gasteiger partial charge in [-0.3, -0.25) is 0 Å².